The van der Waals surface area contributed by atoms with Gasteiger partial charge in [0.1, 0.15) is 0 Å². The summed E-state index contributed by atoms with van der Waals surface area (Å²) >= 11 is 0. The molecule has 2 N–H and O–H groups in total. The predicted octanol–water partition coefficient (Wildman–Crippen LogP) is 2.61. The molecule has 0 aliphatic rings. The Morgan fingerprint density at radius 3 is 2.65 bits per heavy atom. The maximum atomic E-state index is 12.1. The summed E-state index contributed by atoms with van der Waals surface area (Å²) in [6, 6.07) is 10.5. The number of urea groups is 1. The third kappa shape index (κ3) is 4.10. The van der Waals surface area contributed by atoms with Crippen molar-refractivity contribution in [3.05, 3.63) is 60.6 Å². The maximum Gasteiger partial charge on any atom is 0.319 e. The molecule has 0 unspecified atom stereocenters. The van der Waals surface area contributed by atoms with Crippen LogP contribution in [0.5, 0.6) is 11.5 Å². The number of anilines is 1. The number of carbonyl (C=O) groups is 1. The molecule has 1 aromatic carbocycles. The van der Waals surface area contributed by atoms with E-state index in [1.165, 1.54) is 0 Å². The van der Waals surface area contributed by atoms with E-state index in [2.05, 4.69) is 20.7 Å². The van der Waals surface area contributed by atoms with Crippen LogP contribution in [0, 0.1) is 0 Å². The fourth-order valence-electron chi connectivity index (χ4n) is 2.35. The SMILES string of the molecule is COc1ccc(CNC(=O)Nc2ccc(-n3cccn3)nc2)cc1OC. The Morgan fingerprint density at radius 2 is 2.00 bits per heavy atom. The van der Waals surface area contributed by atoms with Gasteiger partial charge in [-0.2, -0.15) is 5.10 Å². The molecule has 3 rings (SSSR count). The number of benzene rings is 1. The molecule has 0 saturated carbocycles. The molecule has 134 valence electrons. The number of ether oxygens (including phenoxy) is 2. The minimum absolute atomic E-state index is 0.326. The number of aromatic nitrogens is 3. The summed E-state index contributed by atoms with van der Waals surface area (Å²) in [6.07, 6.45) is 5.05. The van der Waals surface area contributed by atoms with E-state index >= 15 is 0 Å². The number of carbonyl (C=O) groups excluding carboxylic acids is 1. The van der Waals surface area contributed by atoms with Crippen molar-refractivity contribution in [2.45, 2.75) is 6.54 Å². The van der Waals surface area contributed by atoms with Gasteiger partial charge in [0.25, 0.3) is 0 Å². The molecule has 0 atom stereocenters. The quantitative estimate of drug-likeness (QED) is 0.711. The maximum absolute atomic E-state index is 12.1. The molecule has 8 nitrogen and oxygen atoms in total. The van der Waals surface area contributed by atoms with E-state index in [4.69, 9.17) is 9.47 Å². The first-order valence-corrected chi connectivity index (χ1v) is 7.91. The van der Waals surface area contributed by atoms with Gasteiger partial charge in [0, 0.05) is 18.9 Å². The molecule has 0 fully saturated rings. The topological polar surface area (TPSA) is 90.3 Å². The van der Waals surface area contributed by atoms with Crippen molar-refractivity contribution in [1.29, 1.82) is 0 Å². The highest BCUT2D eigenvalue weighted by atomic mass is 16.5. The van der Waals surface area contributed by atoms with E-state index < -0.39 is 0 Å². The third-order valence-corrected chi connectivity index (χ3v) is 3.65. The van der Waals surface area contributed by atoms with Crippen LogP contribution in [0.4, 0.5) is 10.5 Å². The van der Waals surface area contributed by atoms with Crippen molar-refractivity contribution in [1.82, 2.24) is 20.1 Å². The molecule has 2 heterocycles. The Kier molecular flexibility index (Phi) is 5.33. The van der Waals surface area contributed by atoms with Crippen LogP contribution >= 0.6 is 0 Å². The summed E-state index contributed by atoms with van der Waals surface area (Å²) in [7, 11) is 3.15. The average Bonchev–Trinajstić information content (AvgIpc) is 3.21. The van der Waals surface area contributed by atoms with Gasteiger partial charge in [-0.25, -0.2) is 14.5 Å². The first-order chi connectivity index (χ1) is 12.7. The van der Waals surface area contributed by atoms with E-state index in [9.17, 15) is 4.79 Å². The van der Waals surface area contributed by atoms with Gasteiger partial charge >= 0.3 is 6.03 Å². The molecule has 0 aliphatic heterocycles. The van der Waals surface area contributed by atoms with Crippen LogP contribution in [0.15, 0.2) is 55.0 Å². The zero-order valence-corrected chi connectivity index (χ0v) is 14.5. The highest BCUT2D eigenvalue weighted by molar-refractivity contribution is 5.89. The lowest BCUT2D eigenvalue weighted by atomic mass is 10.2. The molecular formula is C18H19N5O3. The number of amides is 2. The Morgan fingerprint density at radius 1 is 1.15 bits per heavy atom. The van der Waals surface area contributed by atoms with E-state index in [1.54, 1.807) is 55.7 Å². The largest absolute Gasteiger partial charge is 0.493 e. The Labute approximate surface area is 150 Å². The molecule has 0 saturated heterocycles. The zero-order chi connectivity index (χ0) is 18.4. The molecule has 26 heavy (non-hydrogen) atoms. The van der Waals surface area contributed by atoms with Gasteiger partial charge in [-0.1, -0.05) is 6.07 Å². The zero-order valence-electron chi connectivity index (χ0n) is 14.5. The summed E-state index contributed by atoms with van der Waals surface area (Å²) in [5.41, 5.74) is 1.48. The molecule has 0 aliphatic carbocycles. The third-order valence-electron chi connectivity index (χ3n) is 3.65. The van der Waals surface area contributed by atoms with Crippen molar-refractivity contribution < 1.29 is 14.3 Å². The lowest BCUT2D eigenvalue weighted by Crippen LogP contribution is -2.28. The monoisotopic (exact) mass is 353 g/mol. The fraction of sp³-hybridized carbons (Fsp3) is 0.167. The minimum Gasteiger partial charge on any atom is -0.493 e. The Bertz CT molecular complexity index is 863. The van der Waals surface area contributed by atoms with Crippen LogP contribution in [0.2, 0.25) is 0 Å². The summed E-state index contributed by atoms with van der Waals surface area (Å²) in [4.78, 5) is 16.3. The second-order valence-electron chi connectivity index (χ2n) is 5.35. The normalized spacial score (nSPS) is 10.2. The summed E-state index contributed by atoms with van der Waals surface area (Å²) < 4.78 is 12.1. The van der Waals surface area contributed by atoms with Crippen LogP contribution in [-0.2, 0) is 6.54 Å². The number of rotatable bonds is 6. The van der Waals surface area contributed by atoms with Gasteiger partial charge in [0.2, 0.25) is 0 Å². The highest BCUT2D eigenvalue weighted by Gasteiger charge is 2.07. The van der Waals surface area contributed by atoms with Crippen LogP contribution in [0.3, 0.4) is 0 Å². The van der Waals surface area contributed by atoms with Crippen molar-refractivity contribution in [3.8, 4) is 17.3 Å². The molecule has 3 aromatic rings. The predicted molar refractivity (Wildman–Crippen MR) is 96.8 cm³/mol. The molecule has 8 heteroatoms. The number of nitrogens with one attached hydrogen (secondary N) is 2. The van der Waals surface area contributed by atoms with Gasteiger partial charge < -0.3 is 20.1 Å². The molecule has 0 radical (unpaired) electrons. The second-order valence-corrected chi connectivity index (χ2v) is 5.35. The number of hydrogen-bond donors (Lipinski definition) is 2. The van der Waals surface area contributed by atoms with E-state index in [0.29, 0.717) is 29.5 Å². The molecular weight excluding hydrogens is 334 g/mol. The lowest BCUT2D eigenvalue weighted by molar-refractivity contribution is 0.251. The summed E-state index contributed by atoms with van der Waals surface area (Å²) in [6.45, 7) is 0.352. The van der Waals surface area contributed by atoms with Crippen molar-refractivity contribution in [2.24, 2.45) is 0 Å². The van der Waals surface area contributed by atoms with E-state index in [1.807, 2.05) is 18.2 Å². The molecule has 0 bridgehead atoms. The van der Waals surface area contributed by atoms with Crippen LogP contribution < -0.4 is 20.1 Å². The molecule has 2 aromatic heterocycles. The number of hydrogen-bond acceptors (Lipinski definition) is 5. The second kappa shape index (κ2) is 8.02. The minimum atomic E-state index is -0.326. The van der Waals surface area contributed by atoms with Gasteiger partial charge in [-0.15, -0.1) is 0 Å². The Hall–Kier alpha value is -3.55. The summed E-state index contributed by atoms with van der Waals surface area (Å²) in [5, 5.41) is 9.63. The van der Waals surface area contributed by atoms with Crippen LogP contribution in [0.1, 0.15) is 5.56 Å². The van der Waals surface area contributed by atoms with Crippen LogP contribution in [0.25, 0.3) is 5.82 Å². The van der Waals surface area contributed by atoms with Crippen molar-refractivity contribution in [2.75, 3.05) is 19.5 Å². The average molecular weight is 353 g/mol. The smallest absolute Gasteiger partial charge is 0.319 e. The van der Waals surface area contributed by atoms with Gasteiger partial charge in [-0.05, 0) is 35.9 Å². The van der Waals surface area contributed by atoms with E-state index in [-0.39, 0.29) is 6.03 Å². The number of nitrogens with zero attached hydrogens (tertiary/aromatic N) is 3. The highest BCUT2D eigenvalue weighted by Crippen LogP contribution is 2.27. The summed E-state index contributed by atoms with van der Waals surface area (Å²) in [5.74, 6) is 1.93. The lowest BCUT2D eigenvalue weighted by Gasteiger charge is -2.11. The van der Waals surface area contributed by atoms with Crippen molar-refractivity contribution in [3.63, 3.8) is 0 Å². The molecule has 0 spiro atoms. The number of pyridine rings is 1. The van der Waals surface area contributed by atoms with Gasteiger partial charge in [-0.3, -0.25) is 0 Å². The van der Waals surface area contributed by atoms with Gasteiger partial charge in [0.15, 0.2) is 17.3 Å². The van der Waals surface area contributed by atoms with Crippen LogP contribution in [-0.4, -0.2) is 35.0 Å². The standard InChI is InChI=1S/C18H19N5O3/c1-25-15-6-4-13(10-16(15)26-2)11-20-18(24)22-14-5-7-17(19-12-14)23-9-3-8-21-23/h3-10,12H,11H2,1-2H3,(H2,20,22,24). The first kappa shape index (κ1) is 17.3. The van der Waals surface area contributed by atoms with E-state index in [0.717, 1.165) is 5.56 Å². The Balaban J connectivity index is 1.56. The number of methoxy groups -OCH3 is 2. The van der Waals surface area contributed by atoms with Gasteiger partial charge in [0.05, 0.1) is 26.1 Å². The molecule has 2 amide bonds. The fourth-order valence-corrected chi connectivity index (χ4v) is 2.35. The first-order valence-electron chi connectivity index (χ1n) is 7.91. The van der Waals surface area contributed by atoms with Crippen molar-refractivity contribution >= 4 is 11.7 Å².